The second-order valence-corrected chi connectivity index (χ2v) is 6.64. The van der Waals surface area contributed by atoms with Crippen LogP contribution in [0.25, 0.3) is 0 Å². The van der Waals surface area contributed by atoms with E-state index in [2.05, 4.69) is 41.5 Å². The summed E-state index contributed by atoms with van der Waals surface area (Å²) in [4.78, 5) is 2.79. The molecule has 2 fully saturated rings. The van der Waals surface area contributed by atoms with Crippen molar-refractivity contribution in [2.45, 2.75) is 37.8 Å². The van der Waals surface area contributed by atoms with Crippen molar-refractivity contribution in [3.05, 3.63) is 35.4 Å². The van der Waals surface area contributed by atoms with Gasteiger partial charge in [-0.15, -0.1) is 0 Å². The SMILES string of the molecule is CNC1c2ccccc2CC1N1CC2CCCC2C1. The van der Waals surface area contributed by atoms with Crippen molar-refractivity contribution in [1.82, 2.24) is 10.2 Å². The van der Waals surface area contributed by atoms with E-state index >= 15 is 0 Å². The fraction of sp³-hybridized carbons (Fsp3) is 0.647. The van der Waals surface area contributed by atoms with Crippen molar-refractivity contribution < 1.29 is 0 Å². The minimum Gasteiger partial charge on any atom is -0.312 e. The van der Waals surface area contributed by atoms with E-state index in [0.717, 1.165) is 11.8 Å². The molecule has 1 aromatic carbocycles. The summed E-state index contributed by atoms with van der Waals surface area (Å²) >= 11 is 0. The third-order valence-corrected chi connectivity index (χ3v) is 5.74. The zero-order chi connectivity index (χ0) is 12.8. The van der Waals surface area contributed by atoms with Gasteiger partial charge >= 0.3 is 0 Å². The quantitative estimate of drug-likeness (QED) is 0.875. The second kappa shape index (κ2) is 4.60. The first-order valence-corrected chi connectivity index (χ1v) is 7.86. The van der Waals surface area contributed by atoms with Crippen LogP contribution in [0.15, 0.2) is 24.3 Å². The van der Waals surface area contributed by atoms with Gasteiger partial charge in [0.1, 0.15) is 0 Å². The number of hydrogen-bond donors (Lipinski definition) is 1. The average molecular weight is 256 g/mol. The topological polar surface area (TPSA) is 15.3 Å². The lowest BCUT2D eigenvalue weighted by Crippen LogP contribution is -2.41. The van der Waals surface area contributed by atoms with E-state index in [0.29, 0.717) is 12.1 Å². The van der Waals surface area contributed by atoms with Gasteiger partial charge in [0, 0.05) is 25.2 Å². The number of likely N-dealkylation sites (N-methyl/N-ethyl adjacent to an activating group) is 1. The summed E-state index contributed by atoms with van der Waals surface area (Å²) < 4.78 is 0. The van der Waals surface area contributed by atoms with Gasteiger partial charge in [0.2, 0.25) is 0 Å². The molecule has 4 unspecified atom stereocenters. The number of nitrogens with one attached hydrogen (secondary N) is 1. The molecule has 1 aliphatic heterocycles. The molecule has 1 heterocycles. The first-order chi connectivity index (χ1) is 9.36. The summed E-state index contributed by atoms with van der Waals surface area (Å²) in [6, 6.07) is 10.2. The van der Waals surface area contributed by atoms with Crippen LogP contribution in [-0.4, -0.2) is 31.1 Å². The van der Waals surface area contributed by atoms with Crippen LogP contribution in [0, 0.1) is 11.8 Å². The Balaban J connectivity index is 1.57. The fourth-order valence-electron chi connectivity index (χ4n) is 4.80. The maximum Gasteiger partial charge on any atom is 0.0481 e. The highest BCUT2D eigenvalue weighted by atomic mass is 15.2. The van der Waals surface area contributed by atoms with Crippen LogP contribution >= 0.6 is 0 Å². The molecular formula is C17H24N2. The highest BCUT2D eigenvalue weighted by Crippen LogP contribution is 2.42. The highest BCUT2D eigenvalue weighted by Gasteiger charge is 2.43. The molecule has 1 aromatic rings. The van der Waals surface area contributed by atoms with Gasteiger partial charge in [-0.05, 0) is 49.3 Å². The lowest BCUT2D eigenvalue weighted by Gasteiger charge is -2.30. The molecule has 4 rings (SSSR count). The van der Waals surface area contributed by atoms with Crippen molar-refractivity contribution in [2.24, 2.45) is 11.8 Å². The maximum absolute atomic E-state index is 3.57. The number of rotatable bonds is 2. The molecule has 1 saturated heterocycles. The van der Waals surface area contributed by atoms with E-state index < -0.39 is 0 Å². The molecule has 0 aromatic heterocycles. The summed E-state index contributed by atoms with van der Waals surface area (Å²) in [7, 11) is 2.12. The summed E-state index contributed by atoms with van der Waals surface area (Å²) in [6.45, 7) is 2.70. The van der Waals surface area contributed by atoms with E-state index in [-0.39, 0.29) is 0 Å². The van der Waals surface area contributed by atoms with Crippen molar-refractivity contribution in [1.29, 1.82) is 0 Å². The summed E-state index contributed by atoms with van der Waals surface area (Å²) in [6.07, 6.45) is 5.67. The standard InChI is InChI=1S/C17H24N2/c1-18-17-15-8-3-2-5-12(15)9-16(17)19-10-13-6-4-7-14(13)11-19/h2-3,5,8,13-14,16-18H,4,6-7,9-11H2,1H3. The Kier molecular flexibility index (Phi) is 2.89. The van der Waals surface area contributed by atoms with E-state index in [1.54, 1.807) is 5.56 Å². The molecule has 3 aliphatic rings. The van der Waals surface area contributed by atoms with Crippen molar-refractivity contribution >= 4 is 0 Å². The molecule has 0 radical (unpaired) electrons. The first kappa shape index (κ1) is 11.9. The van der Waals surface area contributed by atoms with Crippen LogP contribution in [-0.2, 0) is 6.42 Å². The fourth-order valence-corrected chi connectivity index (χ4v) is 4.80. The van der Waals surface area contributed by atoms with E-state index in [9.17, 15) is 0 Å². The zero-order valence-corrected chi connectivity index (χ0v) is 11.8. The number of fused-ring (bicyclic) bond motifs is 2. The predicted molar refractivity (Wildman–Crippen MR) is 78.1 cm³/mol. The average Bonchev–Trinajstić information content (AvgIpc) is 3.09. The van der Waals surface area contributed by atoms with E-state index in [1.165, 1.54) is 44.3 Å². The van der Waals surface area contributed by atoms with E-state index in [1.807, 2.05) is 0 Å². The van der Waals surface area contributed by atoms with Crippen molar-refractivity contribution in [3.8, 4) is 0 Å². The Labute approximate surface area is 116 Å². The molecular weight excluding hydrogens is 232 g/mol. The molecule has 0 spiro atoms. The van der Waals surface area contributed by atoms with Crippen LogP contribution in [0.2, 0.25) is 0 Å². The van der Waals surface area contributed by atoms with Crippen LogP contribution in [0.1, 0.15) is 36.4 Å². The van der Waals surface area contributed by atoms with Gasteiger partial charge in [0.15, 0.2) is 0 Å². The molecule has 0 amide bonds. The predicted octanol–water partition coefficient (Wildman–Crippen LogP) is 2.60. The van der Waals surface area contributed by atoms with Crippen LogP contribution < -0.4 is 5.32 Å². The van der Waals surface area contributed by atoms with E-state index in [4.69, 9.17) is 0 Å². The summed E-state index contributed by atoms with van der Waals surface area (Å²) in [5.74, 6) is 2.00. The zero-order valence-electron chi connectivity index (χ0n) is 11.8. The number of hydrogen-bond acceptors (Lipinski definition) is 2. The minimum atomic E-state index is 0.537. The molecule has 102 valence electrons. The molecule has 2 aliphatic carbocycles. The third-order valence-electron chi connectivity index (χ3n) is 5.74. The van der Waals surface area contributed by atoms with Gasteiger partial charge in [0.05, 0.1) is 0 Å². The number of benzene rings is 1. The normalized spacial score (nSPS) is 37.5. The van der Waals surface area contributed by atoms with Crippen LogP contribution in [0.4, 0.5) is 0 Å². The van der Waals surface area contributed by atoms with Gasteiger partial charge in [-0.25, -0.2) is 0 Å². The largest absolute Gasteiger partial charge is 0.312 e. The van der Waals surface area contributed by atoms with Gasteiger partial charge in [-0.1, -0.05) is 30.7 Å². The third kappa shape index (κ3) is 1.85. The number of likely N-dealkylation sites (tertiary alicyclic amines) is 1. The molecule has 2 nitrogen and oxygen atoms in total. The van der Waals surface area contributed by atoms with Crippen LogP contribution in [0.5, 0.6) is 0 Å². The monoisotopic (exact) mass is 256 g/mol. The highest BCUT2D eigenvalue weighted by molar-refractivity contribution is 5.37. The first-order valence-electron chi connectivity index (χ1n) is 7.86. The lowest BCUT2D eigenvalue weighted by atomic mass is 10.0. The summed E-state index contributed by atoms with van der Waals surface area (Å²) in [5, 5.41) is 3.57. The smallest absolute Gasteiger partial charge is 0.0481 e. The Morgan fingerprint density at radius 2 is 1.84 bits per heavy atom. The Bertz CT molecular complexity index is 458. The maximum atomic E-state index is 3.57. The van der Waals surface area contributed by atoms with Gasteiger partial charge in [0.25, 0.3) is 0 Å². The molecule has 2 heteroatoms. The van der Waals surface area contributed by atoms with Gasteiger partial charge in [-0.3, -0.25) is 4.90 Å². The van der Waals surface area contributed by atoms with Crippen LogP contribution in [0.3, 0.4) is 0 Å². The Morgan fingerprint density at radius 1 is 1.11 bits per heavy atom. The van der Waals surface area contributed by atoms with Gasteiger partial charge < -0.3 is 5.32 Å². The molecule has 0 bridgehead atoms. The van der Waals surface area contributed by atoms with Crippen molar-refractivity contribution in [2.75, 3.05) is 20.1 Å². The Hall–Kier alpha value is -0.860. The summed E-state index contributed by atoms with van der Waals surface area (Å²) in [5.41, 5.74) is 3.09. The molecule has 1 saturated carbocycles. The van der Waals surface area contributed by atoms with Gasteiger partial charge in [-0.2, -0.15) is 0 Å². The minimum absolute atomic E-state index is 0.537. The molecule has 19 heavy (non-hydrogen) atoms. The molecule has 4 atom stereocenters. The second-order valence-electron chi connectivity index (χ2n) is 6.64. The molecule has 1 N–H and O–H groups in total. The Morgan fingerprint density at radius 3 is 2.58 bits per heavy atom. The lowest BCUT2D eigenvalue weighted by molar-refractivity contribution is 0.194. The number of nitrogens with zero attached hydrogens (tertiary/aromatic N) is 1. The van der Waals surface area contributed by atoms with Crippen molar-refractivity contribution in [3.63, 3.8) is 0 Å².